The van der Waals surface area contributed by atoms with E-state index in [1.165, 1.54) is 19.3 Å². The second kappa shape index (κ2) is 8.18. The Morgan fingerprint density at radius 1 is 1.27 bits per heavy atom. The molecule has 0 radical (unpaired) electrons. The first kappa shape index (κ1) is 16.8. The summed E-state index contributed by atoms with van der Waals surface area (Å²) < 4.78 is 5.63. The van der Waals surface area contributed by atoms with Crippen LogP contribution in [-0.4, -0.2) is 44.1 Å². The number of ether oxygens (including phenoxy) is 1. The van der Waals surface area contributed by atoms with Crippen molar-refractivity contribution in [3.8, 4) is 5.75 Å². The Morgan fingerprint density at radius 2 is 2.00 bits per heavy atom. The van der Waals surface area contributed by atoms with Crippen LogP contribution in [0.25, 0.3) is 0 Å². The highest BCUT2D eigenvalue weighted by atomic mass is 16.5. The van der Waals surface area contributed by atoms with Crippen molar-refractivity contribution in [1.82, 2.24) is 10.2 Å². The van der Waals surface area contributed by atoms with E-state index in [0.717, 1.165) is 24.3 Å². The summed E-state index contributed by atoms with van der Waals surface area (Å²) >= 11 is 0. The normalized spacial score (nSPS) is 21.6. The SMILES string of the molecule is Cc1ccccc1OCC(=O)NC1CCCCC1CN(C)C. The van der Waals surface area contributed by atoms with Gasteiger partial charge in [-0.15, -0.1) is 0 Å². The van der Waals surface area contributed by atoms with E-state index in [9.17, 15) is 4.79 Å². The minimum Gasteiger partial charge on any atom is -0.484 e. The summed E-state index contributed by atoms with van der Waals surface area (Å²) in [5.41, 5.74) is 1.05. The van der Waals surface area contributed by atoms with E-state index in [2.05, 4.69) is 24.3 Å². The number of rotatable bonds is 6. The first-order valence-corrected chi connectivity index (χ1v) is 8.19. The fourth-order valence-electron chi connectivity index (χ4n) is 3.20. The van der Waals surface area contributed by atoms with Crippen molar-refractivity contribution in [3.05, 3.63) is 29.8 Å². The van der Waals surface area contributed by atoms with Crippen molar-refractivity contribution in [2.75, 3.05) is 27.2 Å². The summed E-state index contributed by atoms with van der Waals surface area (Å²) in [6.45, 7) is 3.11. The van der Waals surface area contributed by atoms with Gasteiger partial charge in [-0.1, -0.05) is 31.0 Å². The van der Waals surface area contributed by atoms with E-state index in [-0.39, 0.29) is 18.6 Å². The number of hydrogen-bond acceptors (Lipinski definition) is 3. The van der Waals surface area contributed by atoms with E-state index in [0.29, 0.717) is 5.92 Å². The van der Waals surface area contributed by atoms with Crippen LogP contribution in [0.4, 0.5) is 0 Å². The first-order valence-electron chi connectivity index (χ1n) is 8.19. The van der Waals surface area contributed by atoms with Crippen LogP contribution in [0, 0.1) is 12.8 Å². The van der Waals surface area contributed by atoms with Gasteiger partial charge in [0.15, 0.2) is 6.61 Å². The van der Waals surface area contributed by atoms with E-state index in [1.807, 2.05) is 31.2 Å². The number of para-hydroxylation sites is 1. The summed E-state index contributed by atoms with van der Waals surface area (Å²) in [7, 11) is 4.18. The van der Waals surface area contributed by atoms with Crippen LogP contribution < -0.4 is 10.1 Å². The van der Waals surface area contributed by atoms with Crippen LogP contribution in [0.15, 0.2) is 24.3 Å². The number of benzene rings is 1. The molecule has 0 bridgehead atoms. The van der Waals surface area contributed by atoms with Gasteiger partial charge in [-0.25, -0.2) is 0 Å². The minimum absolute atomic E-state index is 0.0149. The number of amides is 1. The molecule has 1 aromatic rings. The monoisotopic (exact) mass is 304 g/mol. The summed E-state index contributed by atoms with van der Waals surface area (Å²) in [4.78, 5) is 14.4. The van der Waals surface area contributed by atoms with Gasteiger partial charge >= 0.3 is 0 Å². The predicted molar refractivity (Wildman–Crippen MR) is 89.1 cm³/mol. The Balaban J connectivity index is 1.83. The summed E-state index contributed by atoms with van der Waals surface area (Å²) in [5.74, 6) is 1.32. The Labute approximate surface area is 133 Å². The third kappa shape index (κ3) is 5.02. The molecule has 4 heteroatoms. The predicted octanol–water partition coefficient (Wildman–Crippen LogP) is 2.61. The molecule has 22 heavy (non-hydrogen) atoms. The molecule has 1 fully saturated rings. The van der Waals surface area contributed by atoms with Gasteiger partial charge in [-0.2, -0.15) is 0 Å². The number of carbonyl (C=O) groups excluding carboxylic acids is 1. The van der Waals surface area contributed by atoms with Crippen LogP contribution in [0.1, 0.15) is 31.2 Å². The molecule has 0 aliphatic heterocycles. The largest absolute Gasteiger partial charge is 0.484 e. The summed E-state index contributed by atoms with van der Waals surface area (Å²) in [6, 6.07) is 8.06. The van der Waals surface area contributed by atoms with Crippen LogP contribution in [-0.2, 0) is 4.79 Å². The van der Waals surface area contributed by atoms with Gasteiger partial charge in [0.2, 0.25) is 0 Å². The molecule has 1 saturated carbocycles. The molecule has 2 rings (SSSR count). The van der Waals surface area contributed by atoms with Crippen molar-refractivity contribution in [2.45, 2.75) is 38.6 Å². The van der Waals surface area contributed by atoms with E-state index in [1.54, 1.807) is 0 Å². The lowest BCUT2D eigenvalue weighted by atomic mass is 9.84. The number of nitrogens with one attached hydrogen (secondary N) is 1. The fourth-order valence-corrected chi connectivity index (χ4v) is 3.20. The molecule has 0 saturated heterocycles. The molecule has 0 heterocycles. The topological polar surface area (TPSA) is 41.6 Å². The van der Waals surface area contributed by atoms with Gasteiger partial charge < -0.3 is 15.0 Å². The Kier molecular flexibility index (Phi) is 6.25. The highest BCUT2D eigenvalue weighted by molar-refractivity contribution is 5.77. The van der Waals surface area contributed by atoms with Crippen LogP contribution >= 0.6 is 0 Å². The molecule has 2 atom stereocenters. The van der Waals surface area contributed by atoms with Crippen LogP contribution in [0.5, 0.6) is 5.75 Å². The van der Waals surface area contributed by atoms with Crippen LogP contribution in [0.2, 0.25) is 0 Å². The van der Waals surface area contributed by atoms with Gasteiger partial charge in [-0.05, 0) is 51.4 Å². The Morgan fingerprint density at radius 3 is 2.73 bits per heavy atom. The minimum atomic E-state index is -0.0149. The third-order valence-corrected chi connectivity index (χ3v) is 4.31. The number of nitrogens with zero attached hydrogens (tertiary/aromatic N) is 1. The molecule has 4 nitrogen and oxygen atoms in total. The molecule has 0 aromatic heterocycles. The van der Waals surface area contributed by atoms with Gasteiger partial charge in [0, 0.05) is 12.6 Å². The molecule has 1 aliphatic rings. The van der Waals surface area contributed by atoms with Crippen LogP contribution in [0.3, 0.4) is 0 Å². The third-order valence-electron chi connectivity index (χ3n) is 4.31. The molecule has 122 valence electrons. The maximum Gasteiger partial charge on any atom is 0.258 e. The number of carbonyl (C=O) groups is 1. The lowest BCUT2D eigenvalue weighted by Gasteiger charge is -2.34. The fraction of sp³-hybridized carbons (Fsp3) is 0.611. The molecular weight excluding hydrogens is 276 g/mol. The second-order valence-corrected chi connectivity index (χ2v) is 6.53. The lowest BCUT2D eigenvalue weighted by Crippen LogP contribution is -2.46. The Bertz CT molecular complexity index is 488. The molecule has 1 aromatic carbocycles. The highest BCUT2D eigenvalue weighted by Crippen LogP contribution is 2.25. The maximum atomic E-state index is 12.2. The Hall–Kier alpha value is -1.55. The van der Waals surface area contributed by atoms with Crippen molar-refractivity contribution in [1.29, 1.82) is 0 Å². The average molecular weight is 304 g/mol. The summed E-state index contributed by atoms with van der Waals surface area (Å²) in [5, 5.41) is 3.17. The van der Waals surface area contributed by atoms with E-state index in [4.69, 9.17) is 4.74 Å². The smallest absolute Gasteiger partial charge is 0.258 e. The molecule has 1 N–H and O–H groups in total. The van der Waals surface area contributed by atoms with Crippen molar-refractivity contribution in [2.24, 2.45) is 5.92 Å². The second-order valence-electron chi connectivity index (χ2n) is 6.53. The van der Waals surface area contributed by atoms with Crippen molar-refractivity contribution < 1.29 is 9.53 Å². The molecule has 1 amide bonds. The quantitative estimate of drug-likeness (QED) is 0.878. The van der Waals surface area contributed by atoms with Gasteiger partial charge in [-0.3, -0.25) is 4.79 Å². The molecule has 0 spiro atoms. The molecule has 2 unspecified atom stereocenters. The first-order chi connectivity index (χ1) is 10.6. The standard InChI is InChI=1S/C18H28N2O2/c1-14-8-4-7-11-17(14)22-13-18(21)19-16-10-6-5-9-15(16)12-20(2)3/h4,7-8,11,15-16H,5-6,9-10,12-13H2,1-3H3,(H,19,21). The zero-order chi connectivity index (χ0) is 15.9. The lowest BCUT2D eigenvalue weighted by molar-refractivity contribution is -0.124. The maximum absolute atomic E-state index is 12.2. The van der Waals surface area contributed by atoms with Gasteiger partial charge in [0.1, 0.15) is 5.75 Å². The van der Waals surface area contributed by atoms with Crippen molar-refractivity contribution in [3.63, 3.8) is 0 Å². The molecular formula is C18H28N2O2. The van der Waals surface area contributed by atoms with E-state index < -0.39 is 0 Å². The highest BCUT2D eigenvalue weighted by Gasteiger charge is 2.26. The zero-order valence-corrected chi connectivity index (χ0v) is 14.0. The van der Waals surface area contributed by atoms with Gasteiger partial charge in [0.05, 0.1) is 0 Å². The zero-order valence-electron chi connectivity index (χ0n) is 14.0. The van der Waals surface area contributed by atoms with Crippen molar-refractivity contribution >= 4 is 5.91 Å². The molecule has 1 aliphatic carbocycles. The van der Waals surface area contributed by atoms with E-state index >= 15 is 0 Å². The average Bonchev–Trinajstić information content (AvgIpc) is 2.48. The number of hydrogen-bond donors (Lipinski definition) is 1. The number of aryl methyl sites for hydroxylation is 1. The van der Waals surface area contributed by atoms with Gasteiger partial charge in [0.25, 0.3) is 5.91 Å². The summed E-state index contributed by atoms with van der Waals surface area (Å²) in [6.07, 6.45) is 4.74.